The van der Waals surface area contributed by atoms with Crippen LogP contribution in [0.25, 0.3) is 28.5 Å². The van der Waals surface area contributed by atoms with Crippen molar-refractivity contribution >= 4 is 34.6 Å². The number of imidazole rings is 1. The van der Waals surface area contributed by atoms with Gasteiger partial charge in [-0.2, -0.15) is 0 Å². The number of benzene rings is 2. The molecule has 1 aromatic heterocycles. The molecule has 9 nitrogen and oxygen atoms in total. The minimum atomic E-state index is -0.565. The van der Waals surface area contributed by atoms with Crippen LogP contribution < -0.4 is 15.7 Å². The van der Waals surface area contributed by atoms with Gasteiger partial charge in [-0.25, -0.2) is 10.5 Å². The van der Waals surface area contributed by atoms with Crippen molar-refractivity contribution < 1.29 is 14.8 Å². The molecule has 0 bridgehead atoms. The van der Waals surface area contributed by atoms with Gasteiger partial charge in [-0.1, -0.05) is 12.1 Å². The fraction of sp³-hybridized carbons (Fsp3) is 0.346. The molecule has 0 atom stereocenters. The number of rotatable bonds is 5. The highest BCUT2D eigenvalue weighted by Gasteiger charge is 2.19. The fourth-order valence-electron chi connectivity index (χ4n) is 4.07. The molecular weight excluding hydrogens is 444 g/mol. The summed E-state index contributed by atoms with van der Waals surface area (Å²) in [4.78, 5) is 36.8. The van der Waals surface area contributed by atoms with E-state index < -0.39 is 5.91 Å². The number of likely N-dealkylation sites (N-methyl/N-ethyl adjacent to an activating group) is 1. The van der Waals surface area contributed by atoms with Crippen LogP contribution in [-0.2, 0) is 4.79 Å². The Morgan fingerprint density at radius 1 is 1.09 bits per heavy atom. The lowest BCUT2D eigenvalue weighted by Gasteiger charge is -2.35. The molecule has 184 valence electrons. The number of amides is 2. The van der Waals surface area contributed by atoms with Crippen LogP contribution in [0.5, 0.6) is 0 Å². The van der Waals surface area contributed by atoms with Crippen LogP contribution >= 0.6 is 0 Å². The number of carbonyl (C=O) groups is 2. The highest BCUT2D eigenvalue weighted by Crippen LogP contribution is 2.30. The maximum Gasteiger partial charge on any atom is 0.274 e. The molecule has 35 heavy (non-hydrogen) atoms. The van der Waals surface area contributed by atoms with Crippen molar-refractivity contribution in [2.45, 2.75) is 26.3 Å². The number of aromatic nitrogens is 2. The lowest BCUT2D eigenvalue weighted by atomic mass is 10.1. The van der Waals surface area contributed by atoms with E-state index in [2.05, 4.69) is 33.2 Å². The molecule has 2 heterocycles. The zero-order valence-electron chi connectivity index (χ0n) is 20.6. The lowest BCUT2D eigenvalue weighted by molar-refractivity contribution is -0.117. The lowest BCUT2D eigenvalue weighted by Crippen LogP contribution is -2.44. The molecule has 0 saturated carbocycles. The Labute approximate surface area is 204 Å². The molecule has 3 aromatic rings. The highest BCUT2D eigenvalue weighted by atomic mass is 16.5. The third-order valence-corrected chi connectivity index (χ3v) is 5.91. The Balaban J connectivity index is 1.70. The SMILES string of the molecule is CN1CCN(c2cc3nc(-c4ccc(C(=O)NO)cc4)[nH]c3cc2/C=C/C(=O)NC(C)(C)C)CC1. The molecule has 0 unspecified atom stereocenters. The summed E-state index contributed by atoms with van der Waals surface area (Å²) in [5.74, 6) is -0.0315. The average molecular weight is 477 g/mol. The summed E-state index contributed by atoms with van der Waals surface area (Å²) in [6, 6.07) is 10.9. The quantitative estimate of drug-likeness (QED) is 0.256. The van der Waals surface area contributed by atoms with Gasteiger partial charge in [0.15, 0.2) is 0 Å². The van der Waals surface area contributed by atoms with E-state index in [4.69, 9.17) is 10.2 Å². The van der Waals surface area contributed by atoms with Gasteiger partial charge in [0.2, 0.25) is 5.91 Å². The van der Waals surface area contributed by atoms with Crippen molar-refractivity contribution in [1.29, 1.82) is 0 Å². The summed E-state index contributed by atoms with van der Waals surface area (Å²) >= 11 is 0. The number of nitrogens with one attached hydrogen (secondary N) is 3. The Kier molecular flexibility index (Phi) is 6.90. The van der Waals surface area contributed by atoms with Crippen LogP contribution in [-0.4, -0.2) is 70.7 Å². The van der Waals surface area contributed by atoms with Gasteiger partial charge in [-0.15, -0.1) is 0 Å². The van der Waals surface area contributed by atoms with Crippen LogP contribution in [0.2, 0.25) is 0 Å². The summed E-state index contributed by atoms with van der Waals surface area (Å²) in [6.45, 7) is 9.57. The second-order valence-electron chi connectivity index (χ2n) is 9.89. The van der Waals surface area contributed by atoms with E-state index in [1.807, 2.05) is 32.9 Å². The summed E-state index contributed by atoms with van der Waals surface area (Å²) in [5.41, 5.74) is 6.15. The number of hydrogen-bond donors (Lipinski definition) is 4. The van der Waals surface area contributed by atoms with Gasteiger partial charge in [0.1, 0.15) is 5.82 Å². The van der Waals surface area contributed by atoms with E-state index in [-0.39, 0.29) is 11.4 Å². The first kappa shape index (κ1) is 24.4. The molecule has 0 aliphatic carbocycles. The highest BCUT2D eigenvalue weighted by molar-refractivity contribution is 5.96. The van der Waals surface area contributed by atoms with E-state index in [9.17, 15) is 9.59 Å². The maximum atomic E-state index is 12.4. The van der Waals surface area contributed by atoms with E-state index >= 15 is 0 Å². The topological polar surface area (TPSA) is 114 Å². The molecular formula is C26H32N6O3. The average Bonchev–Trinajstić information content (AvgIpc) is 3.24. The van der Waals surface area contributed by atoms with Crippen LogP contribution in [0.15, 0.2) is 42.5 Å². The number of anilines is 1. The second kappa shape index (κ2) is 9.89. The predicted octanol–water partition coefficient (Wildman–Crippen LogP) is 3.03. The molecule has 2 aromatic carbocycles. The number of fused-ring (bicyclic) bond motifs is 1. The standard InChI is InChI=1S/C26H32N6O3/c1-26(2,3)29-23(33)10-9-19-15-20-21(16-22(19)32-13-11-31(4)12-14-32)28-24(27-20)17-5-7-18(8-6-17)25(34)30-35/h5-10,15-16,35H,11-14H2,1-4H3,(H,27,28)(H,29,33)(H,30,34)/b10-9+. The van der Waals surface area contributed by atoms with Crippen molar-refractivity contribution in [2.24, 2.45) is 0 Å². The van der Waals surface area contributed by atoms with Gasteiger partial charge in [0, 0.05) is 60.2 Å². The molecule has 1 aliphatic heterocycles. The van der Waals surface area contributed by atoms with E-state index in [1.165, 1.54) is 0 Å². The Morgan fingerprint density at radius 3 is 2.40 bits per heavy atom. The zero-order chi connectivity index (χ0) is 25.2. The second-order valence-corrected chi connectivity index (χ2v) is 9.89. The number of carbonyl (C=O) groups excluding carboxylic acids is 2. The van der Waals surface area contributed by atoms with Crippen molar-refractivity contribution in [3.63, 3.8) is 0 Å². The summed E-state index contributed by atoms with van der Waals surface area (Å²) in [7, 11) is 2.12. The minimum absolute atomic E-state index is 0.140. The van der Waals surface area contributed by atoms with Crippen LogP contribution in [0.4, 0.5) is 5.69 Å². The van der Waals surface area contributed by atoms with E-state index in [0.717, 1.165) is 54.0 Å². The van der Waals surface area contributed by atoms with Gasteiger partial charge < -0.3 is 20.1 Å². The molecule has 9 heteroatoms. The smallest absolute Gasteiger partial charge is 0.274 e. The molecule has 2 amide bonds. The molecule has 0 radical (unpaired) electrons. The van der Waals surface area contributed by atoms with E-state index in [1.54, 1.807) is 35.8 Å². The van der Waals surface area contributed by atoms with E-state index in [0.29, 0.717) is 11.4 Å². The van der Waals surface area contributed by atoms with Gasteiger partial charge >= 0.3 is 0 Å². The largest absolute Gasteiger partial charge is 0.368 e. The zero-order valence-corrected chi connectivity index (χ0v) is 20.6. The number of nitrogens with zero attached hydrogens (tertiary/aromatic N) is 3. The fourth-order valence-corrected chi connectivity index (χ4v) is 4.07. The summed E-state index contributed by atoms with van der Waals surface area (Å²) in [5, 5.41) is 11.8. The van der Waals surface area contributed by atoms with Crippen molar-refractivity contribution in [2.75, 3.05) is 38.1 Å². The minimum Gasteiger partial charge on any atom is -0.368 e. The van der Waals surface area contributed by atoms with Gasteiger partial charge in [-0.05, 0) is 58.2 Å². The molecule has 1 aliphatic rings. The number of H-pyrrole nitrogens is 1. The summed E-state index contributed by atoms with van der Waals surface area (Å²) < 4.78 is 0. The monoisotopic (exact) mass is 476 g/mol. The first-order chi connectivity index (χ1) is 16.6. The first-order valence-corrected chi connectivity index (χ1v) is 11.7. The van der Waals surface area contributed by atoms with Crippen LogP contribution in [0.1, 0.15) is 36.7 Å². The van der Waals surface area contributed by atoms with Crippen molar-refractivity contribution in [3.8, 4) is 11.4 Å². The van der Waals surface area contributed by atoms with Crippen LogP contribution in [0.3, 0.4) is 0 Å². The third-order valence-electron chi connectivity index (χ3n) is 5.91. The molecule has 0 spiro atoms. The van der Waals surface area contributed by atoms with Crippen molar-refractivity contribution in [3.05, 3.63) is 53.6 Å². The summed E-state index contributed by atoms with van der Waals surface area (Å²) in [6.07, 6.45) is 3.44. The van der Waals surface area contributed by atoms with Crippen LogP contribution in [0, 0.1) is 0 Å². The number of aromatic amines is 1. The Morgan fingerprint density at radius 2 is 1.77 bits per heavy atom. The van der Waals surface area contributed by atoms with Gasteiger partial charge in [-0.3, -0.25) is 14.8 Å². The first-order valence-electron chi connectivity index (χ1n) is 11.7. The molecule has 4 rings (SSSR count). The maximum absolute atomic E-state index is 12.4. The normalized spacial score (nSPS) is 15.1. The Hall–Kier alpha value is -3.69. The van der Waals surface area contributed by atoms with Gasteiger partial charge in [0.25, 0.3) is 5.91 Å². The number of hydroxylamine groups is 1. The van der Waals surface area contributed by atoms with Gasteiger partial charge in [0.05, 0.1) is 11.0 Å². The molecule has 1 saturated heterocycles. The predicted molar refractivity (Wildman–Crippen MR) is 137 cm³/mol. The third kappa shape index (κ3) is 5.87. The molecule has 4 N–H and O–H groups in total. The van der Waals surface area contributed by atoms with Crippen molar-refractivity contribution in [1.82, 2.24) is 25.7 Å². The number of piperazine rings is 1. The number of hydrogen-bond acceptors (Lipinski definition) is 6. The molecule has 1 fully saturated rings. The Bertz CT molecular complexity index is 1250.